The molecule has 0 atom stereocenters. The van der Waals surface area contributed by atoms with Gasteiger partial charge < -0.3 is 14.6 Å². The molecule has 6 heteroatoms. The van der Waals surface area contributed by atoms with Gasteiger partial charge in [-0.05, 0) is 53.0 Å². The van der Waals surface area contributed by atoms with Crippen LogP contribution in [0, 0.1) is 0 Å². The molecule has 1 aromatic carbocycles. The highest BCUT2D eigenvalue weighted by Gasteiger charge is 2.23. The standard InChI is InChI=1S/C19H21BrN2O3/c1-22(19(24)16-11-12-17(20)25-16)15-10-6-5-9-14(15)18(23)21-13-7-3-2-4-8-13/h5-6,9-13H,2-4,7-8H2,1H3,(H,21,23). The number of anilines is 1. The Morgan fingerprint density at radius 3 is 2.52 bits per heavy atom. The van der Waals surface area contributed by atoms with Gasteiger partial charge in [0.1, 0.15) is 0 Å². The van der Waals surface area contributed by atoms with Crippen LogP contribution >= 0.6 is 15.9 Å². The lowest BCUT2D eigenvalue weighted by atomic mass is 9.95. The van der Waals surface area contributed by atoms with Crippen molar-refractivity contribution in [1.82, 2.24) is 5.32 Å². The molecule has 2 amide bonds. The Morgan fingerprint density at radius 1 is 1.12 bits per heavy atom. The van der Waals surface area contributed by atoms with Gasteiger partial charge in [-0.1, -0.05) is 31.4 Å². The van der Waals surface area contributed by atoms with Gasteiger partial charge >= 0.3 is 0 Å². The lowest BCUT2D eigenvalue weighted by Gasteiger charge is -2.24. The Labute approximate surface area is 155 Å². The third kappa shape index (κ3) is 4.12. The van der Waals surface area contributed by atoms with Crippen LogP contribution in [-0.2, 0) is 0 Å². The van der Waals surface area contributed by atoms with Crippen LogP contribution in [0.4, 0.5) is 5.69 Å². The van der Waals surface area contributed by atoms with E-state index >= 15 is 0 Å². The SMILES string of the molecule is CN(C(=O)c1ccc(Br)o1)c1ccccc1C(=O)NC1CCCCC1. The van der Waals surface area contributed by atoms with E-state index in [0.29, 0.717) is 15.9 Å². The van der Waals surface area contributed by atoms with Crippen molar-refractivity contribution in [2.75, 3.05) is 11.9 Å². The van der Waals surface area contributed by atoms with Gasteiger partial charge in [-0.2, -0.15) is 0 Å². The predicted molar refractivity (Wildman–Crippen MR) is 99.9 cm³/mol. The molecule has 0 bridgehead atoms. The summed E-state index contributed by atoms with van der Waals surface area (Å²) < 4.78 is 5.83. The van der Waals surface area contributed by atoms with Gasteiger partial charge in [0, 0.05) is 13.1 Å². The number of amides is 2. The molecule has 1 aliphatic carbocycles. The van der Waals surface area contributed by atoms with E-state index in [1.165, 1.54) is 11.3 Å². The van der Waals surface area contributed by atoms with Crippen molar-refractivity contribution in [2.45, 2.75) is 38.1 Å². The molecule has 1 aromatic heterocycles. The molecule has 0 saturated heterocycles. The fourth-order valence-electron chi connectivity index (χ4n) is 3.17. The maximum absolute atomic E-state index is 12.7. The Bertz CT molecular complexity index is 766. The molecule has 1 fully saturated rings. The first-order chi connectivity index (χ1) is 12.1. The molecule has 5 nitrogen and oxygen atoms in total. The van der Waals surface area contributed by atoms with Crippen LogP contribution in [0.5, 0.6) is 0 Å². The lowest BCUT2D eigenvalue weighted by molar-refractivity contribution is 0.0928. The number of carbonyl (C=O) groups excluding carboxylic acids is 2. The quantitative estimate of drug-likeness (QED) is 0.821. The average Bonchev–Trinajstić information content (AvgIpc) is 3.07. The molecule has 3 rings (SSSR count). The minimum Gasteiger partial charge on any atom is -0.444 e. The van der Waals surface area contributed by atoms with Crippen molar-refractivity contribution in [3.05, 3.63) is 52.4 Å². The molecule has 25 heavy (non-hydrogen) atoms. The first-order valence-electron chi connectivity index (χ1n) is 8.49. The van der Waals surface area contributed by atoms with E-state index in [2.05, 4.69) is 21.2 Å². The van der Waals surface area contributed by atoms with Crippen LogP contribution in [0.2, 0.25) is 0 Å². The normalized spacial score (nSPS) is 15.0. The predicted octanol–water partition coefficient (Wildman–Crippen LogP) is 4.38. The summed E-state index contributed by atoms with van der Waals surface area (Å²) in [6, 6.07) is 10.6. The molecule has 1 N–H and O–H groups in total. The molecule has 132 valence electrons. The van der Waals surface area contributed by atoms with E-state index in [4.69, 9.17) is 4.42 Å². The van der Waals surface area contributed by atoms with Crippen LogP contribution in [0.25, 0.3) is 0 Å². The van der Waals surface area contributed by atoms with E-state index in [0.717, 1.165) is 25.7 Å². The van der Waals surface area contributed by atoms with Gasteiger partial charge in [-0.25, -0.2) is 0 Å². The molecule has 1 heterocycles. The van der Waals surface area contributed by atoms with E-state index in [1.807, 2.05) is 6.07 Å². The van der Waals surface area contributed by atoms with E-state index in [9.17, 15) is 9.59 Å². The summed E-state index contributed by atoms with van der Waals surface area (Å²) in [4.78, 5) is 26.8. The summed E-state index contributed by atoms with van der Waals surface area (Å²) in [7, 11) is 1.64. The first kappa shape index (κ1) is 17.7. The van der Waals surface area contributed by atoms with Gasteiger partial charge in [0.15, 0.2) is 10.4 Å². The molecule has 0 aliphatic heterocycles. The number of hydrogen-bond donors (Lipinski definition) is 1. The van der Waals surface area contributed by atoms with E-state index in [-0.39, 0.29) is 23.6 Å². The second-order valence-corrected chi connectivity index (χ2v) is 7.08. The summed E-state index contributed by atoms with van der Waals surface area (Å²) in [6.07, 6.45) is 5.57. The second-order valence-electron chi connectivity index (χ2n) is 6.29. The number of carbonyl (C=O) groups is 2. The smallest absolute Gasteiger partial charge is 0.293 e. The molecular formula is C19H21BrN2O3. The van der Waals surface area contributed by atoms with Crippen molar-refractivity contribution < 1.29 is 14.0 Å². The molecule has 2 aromatic rings. The fourth-order valence-corrected chi connectivity index (χ4v) is 3.48. The summed E-state index contributed by atoms with van der Waals surface area (Å²) in [5, 5.41) is 3.11. The highest BCUT2D eigenvalue weighted by atomic mass is 79.9. The maximum Gasteiger partial charge on any atom is 0.293 e. The molecule has 0 radical (unpaired) electrons. The molecular weight excluding hydrogens is 384 g/mol. The Kier molecular flexibility index (Phi) is 5.58. The maximum atomic E-state index is 12.7. The summed E-state index contributed by atoms with van der Waals surface area (Å²) in [6.45, 7) is 0. The zero-order valence-corrected chi connectivity index (χ0v) is 15.7. The first-order valence-corrected chi connectivity index (χ1v) is 9.29. The number of rotatable bonds is 4. The molecule has 0 spiro atoms. The number of nitrogens with zero attached hydrogens (tertiary/aromatic N) is 1. The van der Waals surface area contributed by atoms with Crippen LogP contribution < -0.4 is 10.2 Å². The monoisotopic (exact) mass is 404 g/mol. The van der Waals surface area contributed by atoms with Crippen LogP contribution in [0.15, 0.2) is 45.5 Å². The third-order valence-electron chi connectivity index (χ3n) is 4.54. The second kappa shape index (κ2) is 7.87. The summed E-state index contributed by atoms with van der Waals surface area (Å²) in [5.41, 5.74) is 1.06. The van der Waals surface area contributed by atoms with Gasteiger partial charge in [0.2, 0.25) is 0 Å². The van der Waals surface area contributed by atoms with Gasteiger partial charge in [0.05, 0.1) is 11.3 Å². The van der Waals surface area contributed by atoms with Gasteiger partial charge in [-0.15, -0.1) is 0 Å². The highest BCUT2D eigenvalue weighted by Crippen LogP contribution is 2.24. The Balaban J connectivity index is 1.79. The van der Waals surface area contributed by atoms with E-state index < -0.39 is 0 Å². The molecule has 1 aliphatic rings. The van der Waals surface area contributed by atoms with Gasteiger partial charge in [0.25, 0.3) is 11.8 Å². The van der Waals surface area contributed by atoms with Crippen molar-refractivity contribution in [2.24, 2.45) is 0 Å². The summed E-state index contributed by atoms with van der Waals surface area (Å²) in [5.74, 6) is -0.219. The largest absolute Gasteiger partial charge is 0.444 e. The third-order valence-corrected chi connectivity index (χ3v) is 4.97. The van der Waals surface area contributed by atoms with Crippen molar-refractivity contribution in [1.29, 1.82) is 0 Å². The zero-order chi connectivity index (χ0) is 17.8. The number of benzene rings is 1. The van der Waals surface area contributed by atoms with Crippen molar-refractivity contribution >= 4 is 33.4 Å². The molecule has 1 saturated carbocycles. The Morgan fingerprint density at radius 2 is 1.84 bits per heavy atom. The van der Waals surface area contributed by atoms with Crippen molar-refractivity contribution in [3.63, 3.8) is 0 Å². The van der Waals surface area contributed by atoms with Crippen molar-refractivity contribution in [3.8, 4) is 0 Å². The minimum absolute atomic E-state index is 0.136. The number of furan rings is 1. The lowest BCUT2D eigenvalue weighted by Crippen LogP contribution is -2.37. The van der Waals surface area contributed by atoms with Crippen LogP contribution in [0.1, 0.15) is 53.0 Å². The summed E-state index contributed by atoms with van der Waals surface area (Å²) >= 11 is 3.20. The average molecular weight is 405 g/mol. The highest BCUT2D eigenvalue weighted by molar-refractivity contribution is 9.10. The van der Waals surface area contributed by atoms with E-state index in [1.54, 1.807) is 37.4 Å². The molecule has 0 unspecified atom stereocenters. The number of hydrogen-bond acceptors (Lipinski definition) is 3. The number of halogens is 1. The topological polar surface area (TPSA) is 62.6 Å². The van der Waals surface area contributed by atoms with Gasteiger partial charge in [-0.3, -0.25) is 9.59 Å². The zero-order valence-electron chi connectivity index (χ0n) is 14.1. The number of para-hydroxylation sites is 1. The minimum atomic E-state index is -0.302. The fraction of sp³-hybridized carbons (Fsp3) is 0.368. The van der Waals surface area contributed by atoms with Crippen LogP contribution in [0.3, 0.4) is 0 Å². The number of nitrogens with one attached hydrogen (secondary N) is 1. The Hall–Kier alpha value is -2.08. The van der Waals surface area contributed by atoms with Crippen LogP contribution in [-0.4, -0.2) is 24.9 Å².